The molecule has 37 heavy (non-hydrogen) atoms. The van der Waals surface area contributed by atoms with E-state index in [1.54, 1.807) is 48.7 Å². The Balaban J connectivity index is 2.02. The van der Waals surface area contributed by atoms with Crippen molar-refractivity contribution in [3.8, 4) is 11.5 Å². The predicted octanol–water partition coefficient (Wildman–Crippen LogP) is 5.57. The van der Waals surface area contributed by atoms with E-state index >= 15 is 0 Å². The molecule has 0 atom stereocenters. The van der Waals surface area contributed by atoms with Crippen LogP contribution >= 0.6 is 0 Å². The van der Waals surface area contributed by atoms with Gasteiger partial charge in [0.15, 0.2) is 0 Å². The van der Waals surface area contributed by atoms with Gasteiger partial charge < -0.3 is 18.5 Å². The maximum absolute atomic E-state index is 13.7. The van der Waals surface area contributed by atoms with Crippen LogP contribution in [0.3, 0.4) is 0 Å². The van der Waals surface area contributed by atoms with Crippen molar-refractivity contribution in [3.63, 3.8) is 0 Å². The second-order valence-electron chi connectivity index (χ2n) is 12.1. The Labute approximate surface area is 222 Å². The van der Waals surface area contributed by atoms with Crippen LogP contribution < -0.4 is 14.6 Å². The largest absolute Gasteiger partial charge is 0.544 e. The molecule has 1 fully saturated rings. The van der Waals surface area contributed by atoms with E-state index in [4.69, 9.17) is 18.5 Å². The average Bonchev–Trinajstić information content (AvgIpc) is 3.31. The van der Waals surface area contributed by atoms with Crippen LogP contribution in [0, 0.1) is 0 Å². The molecule has 200 valence electrons. The molecule has 2 heterocycles. The highest BCUT2D eigenvalue weighted by atomic mass is 32.2. The Morgan fingerprint density at radius 1 is 0.946 bits per heavy atom. The van der Waals surface area contributed by atoms with Crippen molar-refractivity contribution in [1.82, 2.24) is 3.97 Å². The molecular weight excluding hydrogens is 505 g/mol. The summed E-state index contributed by atoms with van der Waals surface area (Å²) < 4.78 is 54.1. The molecule has 1 aliphatic rings. The summed E-state index contributed by atoms with van der Waals surface area (Å²) in [5, 5.41) is 0.580. The molecule has 1 saturated heterocycles. The van der Waals surface area contributed by atoms with Gasteiger partial charge >= 0.3 is 7.12 Å². The molecule has 7 nitrogen and oxygen atoms in total. The van der Waals surface area contributed by atoms with Crippen molar-refractivity contribution in [2.75, 3.05) is 7.11 Å². The predicted molar refractivity (Wildman–Crippen MR) is 151 cm³/mol. The molecular formula is C27H38BNO6SSi. The number of benzene rings is 2. The lowest BCUT2D eigenvalue weighted by Crippen LogP contribution is -2.46. The first-order valence-corrected chi connectivity index (χ1v) is 16.8. The third-order valence-electron chi connectivity index (χ3n) is 8.08. The molecule has 4 rings (SSSR count). The molecule has 0 saturated carbocycles. The number of aromatic nitrogens is 1. The van der Waals surface area contributed by atoms with Crippen LogP contribution in [0.5, 0.6) is 11.5 Å². The molecule has 0 amide bonds. The highest BCUT2D eigenvalue weighted by molar-refractivity contribution is 7.90. The topological polar surface area (TPSA) is 76.0 Å². The number of ether oxygens (including phenoxy) is 1. The monoisotopic (exact) mass is 543 g/mol. The normalized spacial score (nSPS) is 17.8. The lowest BCUT2D eigenvalue weighted by Gasteiger charge is -2.37. The Hall–Kier alpha value is -2.27. The van der Waals surface area contributed by atoms with Gasteiger partial charge in [0.25, 0.3) is 10.0 Å². The lowest BCUT2D eigenvalue weighted by molar-refractivity contribution is 0.00578. The van der Waals surface area contributed by atoms with Gasteiger partial charge in [-0.2, -0.15) is 0 Å². The summed E-state index contributed by atoms with van der Waals surface area (Å²) in [6, 6.07) is 11.9. The Bertz CT molecular complexity index is 1410. The van der Waals surface area contributed by atoms with E-state index in [1.807, 2.05) is 27.7 Å². The highest BCUT2D eigenvalue weighted by Crippen LogP contribution is 2.43. The molecule has 0 unspecified atom stereocenters. The number of fused-ring (bicyclic) bond motifs is 1. The zero-order valence-corrected chi connectivity index (χ0v) is 25.3. The van der Waals surface area contributed by atoms with Crippen LogP contribution in [-0.4, -0.2) is 46.1 Å². The fourth-order valence-electron chi connectivity index (χ4n) is 4.05. The summed E-state index contributed by atoms with van der Waals surface area (Å²) in [5.74, 6) is 0.984. The van der Waals surface area contributed by atoms with Crippen LogP contribution in [0.2, 0.25) is 18.1 Å². The van der Waals surface area contributed by atoms with Crippen molar-refractivity contribution >= 4 is 41.8 Å². The molecule has 1 aromatic heterocycles. The van der Waals surface area contributed by atoms with Gasteiger partial charge in [-0.25, -0.2) is 12.4 Å². The standard InChI is InChI=1S/C27H38BNO6SSi/c1-25(2,3)37(9,10)33-21-18-22(32-8)24-20(23(21)28-34-26(4,5)27(6,7)35-28)16-17-29(24)36(30,31)19-14-12-11-13-15-19/h11-18H,1-10H3. The number of hydrogen-bond donors (Lipinski definition) is 0. The third-order valence-corrected chi connectivity index (χ3v) is 14.1. The fraction of sp³-hybridized carbons (Fsp3) is 0.481. The van der Waals surface area contributed by atoms with E-state index in [-0.39, 0.29) is 9.93 Å². The minimum absolute atomic E-state index is 0.0645. The molecule has 2 aromatic carbocycles. The number of hydrogen-bond acceptors (Lipinski definition) is 6. The molecule has 0 spiro atoms. The third kappa shape index (κ3) is 4.62. The minimum Gasteiger partial charge on any atom is -0.544 e. The first-order chi connectivity index (χ1) is 16.9. The SMILES string of the molecule is COc1cc(O[Si](C)(C)C(C)(C)C)c(B2OC(C)(C)C(C)(C)O2)c2ccn(S(=O)(=O)c3ccccc3)c12. The first-order valence-electron chi connectivity index (χ1n) is 12.5. The molecule has 0 N–H and O–H groups in total. The fourth-order valence-corrected chi connectivity index (χ4v) is 6.45. The summed E-state index contributed by atoms with van der Waals surface area (Å²) in [5.41, 5.74) is -0.0897. The number of nitrogens with zero attached hydrogens (tertiary/aromatic N) is 1. The molecule has 0 aliphatic carbocycles. The Kier molecular flexibility index (Phi) is 6.68. The van der Waals surface area contributed by atoms with Gasteiger partial charge in [0.2, 0.25) is 8.32 Å². The second kappa shape index (κ2) is 8.90. The zero-order chi connectivity index (χ0) is 27.6. The summed E-state index contributed by atoms with van der Waals surface area (Å²) in [6.45, 7) is 18.8. The van der Waals surface area contributed by atoms with E-state index in [9.17, 15) is 8.42 Å². The summed E-state index contributed by atoms with van der Waals surface area (Å²) in [4.78, 5) is 0.188. The maximum Gasteiger partial charge on any atom is 0.499 e. The van der Waals surface area contributed by atoms with Gasteiger partial charge in [0, 0.05) is 23.1 Å². The lowest BCUT2D eigenvalue weighted by atomic mass is 9.76. The van der Waals surface area contributed by atoms with Gasteiger partial charge in [0.05, 0.1) is 23.2 Å². The van der Waals surface area contributed by atoms with Gasteiger partial charge in [-0.05, 0) is 64.0 Å². The van der Waals surface area contributed by atoms with E-state index in [1.165, 1.54) is 11.1 Å². The van der Waals surface area contributed by atoms with E-state index < -0.39 is 36.7 Å². The van der Waals surface area contributed by atoms with Crippen LogP contribution in [0.25, 0.3) is 10.9 Å². The highest BCUT2D eigenvalue weighted by Gasteiger charge is 2.53. The minimum atomic E-state index is -3.89. The molecule has 0 radical (unpaired) electrons. The van der Waals surface area contributed by atoms with Crippen molar-refractivity contribution in [3.05, 3.63) is 48.7 Å². The van der Waals surface area contributed by atoms with Crippen LogP contribution in [0.4, 0.5) is 0 Å². The zero-order valence-electron chi connectivity index (χ0n) is 23.5. The Morgan fingerprint density at radius 3 is 2.03 bits per heavy atom. The van der Waals surface area contributed by atoms with Gasteiger partial charge in [-0.1, -0.05) is 39.0 Å². The average molecular weight is 544 g/mol. The first kappa shape index (κ1) is 27.8. The maximum atomic E-state index is 13.7. The second-order valence-corrected chi connectivity index (χ2v) is 18.7. The Morgan fingerprint density at radius 2 is 1.51 bits per heavy atom. The molecule has 0 bridgehead atoms. The van der Waals surface area contributed by atoms with Crippen molar-refractivity contribution in [2.45, 2.75) is 82.7 Å². The smallest absolute Gasteiger partial charge is 0.499 e. The summed E-state index contributed by atoms with van der Waals surface area (Å²) in [7, 11) is -5.41. The molecule has 3 aromatic rings. The quantitative estimate of drug-likeness (QED) is 0.379. The number of methoxy groups -OCH3 is 1. The van der Waals surface area contributed by atoms with Gasteiger partial charge in [-0.3, -0.25) is 0 Å². The van der Waals surface area contributed by atoms with E-state index in [2.05, 4.69) is 33.9 Å². The van der Waals surface area contributed by atoms with E-state index in [0.717, 1.165) is 0 Å². The molecule has 1 aliphatic heterocycles. The van der Waals surface area contributed by atoms with Crippen LogP contribution in [0.15, 0.2) is 53.6 Å². The van der Waals surface area contributed by atoms with Gasteiger partial charge in [0.1, 0.15) is 17.0 Å². The van der Waals surface area contributed by atoms with Gasteiger partial charge in [-0.15, -0.1) is 0 Å². The molecule has 10 heteroatoms. The number of rotatable bonds is 6. The van der Waals surface area contributed by atoms with E-state index in [0.29, 0.717) is 27.9 Å². The van der Waals surface area contributed by atoms with Crippen LogP contribution in [-0.2, 0) is 19.3 Å². The summed E-state index contributed by atoms with van der Waals surface area (Å²) in [6.07, 6.45) is 1.56. The summed E-state index contributed by atoms with van der Waals surface area (Å²) >= 11 is 0. The van der Waals surface area contributed by atoms with Crippen molar-refractivity contribution in [1.29, 1.82) is 0 Å². The van der Waals surface area contributed by atoms with Crippen molar-refractivity contribution < 1.29 is 26.9 Å². The van der Waals surface area contributed by atoms with Crippen LogP contribution in [0.1, 0.15) is 48.5 Å². The van der Waals surface area contributed by atoms with Crippen molar-refractivity contribution in [2.24, 2.45) is 0 Å².